The molecule has 2 saturated heterocycles. The Balaban J connectivity index is 1.54. The van der Waals surface area contributed by atoms with Crippen LogP contribution in [-0.4, -0.2) is 56.2 Å². The topological polar surface area (TPSA) is 97.9 Å². The highest BCUT2D eigenvalue weighted by Crippen LogP contribution is 2.31. The molecule has 3 amide bonds. The molecule has 2 aliphatic heterocycles. The van der Waals surface area contributed by atoms with Gasteiger partial charge >= 0.3 is 18.3 Å². The normalized spacial score (nSPS) is 26.4. The number of hydrogen-bond acceptors (Lipinski definition) is 5. The fourth-order valence-electron chi connectivity index (χ4n) is 3.13. The fourth-order valence-corrected chi connectivity index (χ4v) is 3.13. The van der Waals surface area contributed by atoms with Crippen molar-refractivity contribution in [3.05, 3.63) is 29.8 Å². The van der Waals surface area contributed by atoms with Crippen LogP contribution in [0.5, 0.6) is 0 Å². The summed E-state index contributed by atoms with van der Waals surface area (Å²) in [6, 6.07) is 3.48. The second kappa shape index (κ2) is 8.23. The van der Waals surface area contributed by atoms with Gasteiger partial charge in [0, 0.05) is 12.2 Å². The predicted molar refractivity (Wildman–Crippen MR) is 90.8 cm³/mol. The average Bonchev–Trinajstić information content (AvgIpc) is 3.18. The van der Waals surface area contributed by atoms with Crippen LogP contribution in [0.3, 0.4) is 0 Å². The van der Waals surface area contributed by atoms with Crippen molar-refractivity contribution < 1.29 is 37.0 Å². The highest BCUT2D eigenvalue weighted by molar-refractivity contribution is 5.84. The van der Waals surface area contributed by atoms with Crippen molar-refractivity contribution >= 4 is 17.8 Å². The van der Waals surface area contributed by atoms with E-state index in [2.05, 4.69) is 16.0 Å². The molecule has 154 valence electrons. The molecule has 1 aromatic carbocycles. The van der Waals surface area contributed by atoms with Crippen LogP contribution in [0, 0.1) is 0 Å². The molecule has 3 rings (SSSR count). The van der Waals surface area contributed by atoms with Gasteiger partial charge in [-0.2, -0.15) is 13.2 Å². The summed E-state index contributed by atoms with van der Waals surface area (Å²) in [6.45, 7) is 2.50. The molecule has 28 heavy (non-hydrogen) atoms. The zero-order valence-corrected chi connectivity index (χ0v) is 14.9. The molecule has 3 N–H and O–H groups in total. The molecular weight excluding hydrogens is 383 g/mol. The van der Waals surface area contributed by atoms with Crippen molar-refractivity contribution in [3.8, 4) is 0 Å². The Morgan fingerprint density at radius 1 is 1.21 bits per heavy atom. The number of ether oxygens (including phenoxy) is 3. The van der Waals surface area contributed by atoms with Gasteiger partial charge in [-0.1, -0.05) is 6.07 Å². The highest BCUT2D eigenvalue weighted by Gasteiger charge is 2.50. The summed E-state index contributed by atoms with van der Waals surface area (Å²) in [7, 11) is 0. The van der Waals surface area contributed by atoms with Gasteiger partial charge in [0.2, 0.25) is 0 Å². The van der Waals surface area contributed by atoms with E-state index < -0.39 is 42.2 Å². The van der Waals surface area contributed by atoms with Crippen molar-refractivity contribution in [2.75, 3.05) is 25.1 Å². The first-order valence-electron chi connectivity index (χ1n) is 8.70. The largest absolute Gasteiger partial charge is 0.441 e. The smallest absolute Gasteiger partial charge is 0.416 e. The third-order valence-corrected chi connectivity index (χ3v) is 4.36. The quantitative estimate of drug-likeness (QED) is 0.716. The van der Waals surface area contributed by atoms with Crippen molar-refractivity contribution in [2.45, 2.75) is 37.5 Å². The Kier molecular flexibility index (Phi) is 5.94. The lowest BCUT2D eigenvalue weighted by atomic mass is 10.1. The fraction of sp³-hybridized carbons (Fsp3) is 0.529. The number of fused-ring (bicyclic) bond motifs is 1. The monoisotopic (exact) mass is 403 g/mol. The Morgan fingerprint density at radius 3 is 2.68 bits per heavy atom. The molecule has 2 fully saturated rings. The number of urea groups is 1. The van der Waals surface area contributed by atoms with Crippen LogP contribution >= 0.6 is 0 Å². The molecule has 2 aliphatic rings. The lowest BCUT2D eigenvalue weighted by molar-refractivity contribution is -0.137. The van der Waals surface area contributed by atoms with Gasteiger partial charge in [0.25, 0.3) is 0 Å². The third kappa shape index (κ3) is 4.65. The minimum absolute atomic E-state index is 0.0431. The van der Waals surface area contributed by atoms with Gasteiger partial charge in [-0.15, -0.1) is 0 Å². The van der Waals surface area contributed by atoms with E-state index >= 15 is 0 Å². The van der Waals surface area contributed by atoms with E-state index in [1.54, 1.807) is 6.92 Å². The van der Waals surface area contributed by atoms with E-state index in [0.29, 0.717) is 6.54 Å². The van der Waals surface area contributed by atoms with Crippen molar-refractivity contribution in [3.63, 3.8) is 0 Å². The minimum atomic E-state index is -4.52. The van der Waals surface area contributed by atoms with Crippen LogP contribution in [0.2, 0.25) is 0 Å². The molecule has 11 heteroatoms. The van der Waals surface area contributed by atoms with Crippen LogP contribution in [-0.2, 0) is 20.4 Å². The third-order valence-electron chi connectivity index (χ3n) is 4.36. The Morgan fingerprint density at radius 2 is 1.96 bits per heavy atom. The number of carbonyl (C=O) groups is 2. The molecule has 0 aliphatic carbocycles. The molecule has 0 bridgehead atoms. The first-order valence-corrected chi connectivity index (χ1v) is 8.70. The molecule has 4 atom stereocenters. The SMILES string of the molecule is CCNC(=O)N[C@@H]1CO[C@@H]2[C@@H]1OC[C@H]2OC(=O)Nc1cccc(C(F)(F)F)c1. The van der Waals surface area contributed by atoms with Crippen LogP contribution in [0.25, 0.3) is 0 Å². The molecule has 2 heterocycles. The predicted octanol–water partition coefficient (Wildman–Crippen LogP) is 2.11. The highest BCUT2D eigenvalue weighted by atomic mass is 19.4. The maximum absolute atomic E-state index is 12.7. The van der Waals surface area contributed by atoms with E-state index in [1.807, 2.05) is 0 Å². The Labute approximate surface area is 158 Å². The second-order valence-corrected chi connectivity index (χ2v) is 6.35. The summed E-state index contributed by atoms with van der Waals surface area (Å²) in [5.74, 6) is 0. The van der Waals surface area contributed by atoms with E-state index in [1.165, 1.54) is 12.1 Å². The van der Waals surface area contributed by atoms with Crippen LogP contribution in [0.15, 0.2) is 24.3 Å². The maximum atomic E-state index is 12.7. The number of nitrogens with one attached hydrogen (secondary N) is 3. The van der Waals surface area contributed by atoms with Gasteiger partial charge < -0.3 is 24.8 Å². The minimum Gasteiger partial charge on any atom is -0.441 e. The molecule has 0 saturated carbocycles. The molecule has 8 nitrogen and oxygen atoms in total. The summed E-state index contributed by atoms with van der Waals surface area (Å²) in [6.07, 6.45) is -7.22. The standard InChI is InChI=1S/C17H20F3N3O5/c1-2-21-15(24)23-11-7-26-14-12(8-27-13(11)14)28-16(25)22-10-5-3-4-9(6-10)17(18,19)20/h3-6,11-14H,2,7-8H2,1H3,(H,22,25)(H2,21,23,24)/t11-,12-,13-,14+/m1/s1. The summed E-state index contributed by atoms with van der Waals surface area (Å²) in [5.41, 5.74) is -0.925. The lowest BCUT2D eigenvalue weighted by Crippen LogP contribution is -2.48. The van der Waals surface area contributed by atoms with Gasteiger partial charge in [-0.05, 0) is 25.1 Å². The summed E-state index contributed by atoms with van der Waals surface area (Å²) in [5, 5.41) is 7.59. The molecule has 0 unspecified atom stereocenters. The number of alkyl halides is 3. The van der Waals surface area contributed by atoms with E-state index in [9.17, 15) is 22.8 Å². The Bertz CT molecular complexity index is 730. The number of carbonyl (C=O) groups excluding carboxylic acids is 2. The molecule has 0 aromatic heterocycles. The number of rotatable bonds is 4. The van der Waals surface area contributed by atoms with Crippen LogP contribution in [0.4, 0.5) is 28.4 Å². The molecule has 0 spiro atoms. The maximum Gasteiger partial charge on any atom is 0.416 e. The lowest BCUT2D eigenvalue weighted by Gasteiger charge is -2.18. The van der Waals surface area contributed by atoms with Gasteiger partial charge in [-0.25, -0.2) is 9.59 Å². The van der Waals surface area contributed by atoms with Crippen molar-refractivity contribution in [1.82, 2.24) is 10.6 Å². The number of halogens is 3. The number of amides is 3. The van der Waals surface area contributed by atoms with E-state index in [4.69, 9.17) is 14.2 Å². The zero-order valence-electron chi connectivity index (χ0n) is 14.9. The van der Waals surface area contributed by atoms with Crippen LogP contribution in [0.1, 0.15) is 12.5 Å². The number of anilines is 1. The summed E-state index contributed by atoms with van der Waals surface area (Å²) in [4.78, 5) is 23.7. The van der Waals surface area contributed by atoms with Crippen molar-refractivity contribution in [2.24, 2.45) is 0 Å². The molecular formula is C17H20F3N3O5. The first kappa shape index (κ1) is 20.2. The van der Waals surface area contributed by atoms with E-state index in [-0.39, 0.29) is 24.9 Å². The van der Waals surface area contributed by atoms with Crippen LogP contribution < -0.4 is 16.0 Å². The first-order chi connectivity index (χ1) is 13.3. The molecule has 1 aromatic rings. The van der Waals surface area contributed by atoms with Crippen molar-refractivity contribution in [1.29, 1.82) is 0 Å². The van der Waals surface area contributed by atoms with Gasteiger partial charge in [0.1, 0.15) is 12.2 Å². The van der Waals surface area contributed by atoms with E-state index in [0.717, 1.165) is 12.1 Å². The summed E-state index contributed by atoms with van der Waals surface area (Å²) < 4.78 is 54.6. The number of hydrogen-bond donors (Lipinski definition) is 3. The summed E-state index contributed by atoms with van der Waals surface area (Å²) >= 11 is 0. The second-order valence-electron chi connectivity index (χ2n) is 6.35. The van der Waals surface area contributed by atoms with Gasteiger partial charge in [-0.3, -0.25) is 5.32 Å². The van der Waals surface area contributed by atoms with Gasteiger partial charge in [0.15, 0.2) is 6.10 Å². The average molecular weight is 403 g/mol. The Hall–Kier alpha value is -2.53. The zero-order chi connectivity index (χ0) is 20.3. The number of benzene rings is 1. The van der Waals surface area contributed by atoms with Gasteiger partial charge in [0.05, 0.1) is 24.8 Å². The molecule has 0 radical (unpaired) electrons.